The number of imidazole rings is 1. The van der Waals surface area contributed by atoms with Crippen molar-refractivity contribution in [1.29, 1.82) is 0 Å². The van der Waals surface area contributed by atoms with E-state index in [0.29, 0.717) is 17.6 Å². The Labute approximate surface area is 252 Å². The van der Waals surface area contributed by atoms with Gasteiger partial charge in [-0.15, -0.1) is 0 Å². The summed E-state index contributed by atoms with van der Waals surface area (Å²) in [6.07, 6.45) is 7.41. The number of aliphatic hydroxyl groups excluding tert-OH is 4. The summed E-state index contributed by atoms with van der Waals surface area (Å²) in [5, 5.41) is 49.5. The summed E-state index contributed by atoms with van der Waals surface area (Å²) in [6.45, 7) is 3.45. The van der Waals surface area contributed by atoms with Gasteiger partial charge in [-0.1, -0.05) is 71.6 Å². The topological polar surface area (TPSA) is 215 Å². The first-order valence-corrected chi connectivity index (χ1v) is 15.5. The highest BCUT2D eigenvalue weighted by molar-refractivity contribution is 5.85. The molecule has 0 unspecified atom stereocenters. The van der Waals surface area contributed by atoms with E-state index in [-0.39, 0.29) is 18.3 Å². The Balaban J connectivity index is 1.38. The first kappa shape index (κ1) is 34.6. The van der Waals surface area contributed by atoms with Crippen LogP contribution >= 0.6 is 0 Å². The first-order valence-electron chi connectivity index (χ1n) is 15.5. The van der Waals surface area contributed by atoms with E-state index >= 15 is 0 Å². The van der Waals surface area contributed by atoms with Crippen LogP contribution in [0.3, 0.4) is 0 Å². The molecule has 242 valence electrons. The third kappa shape index (κ3) is 10.9. The van der Waals surface area contributed by atoms with Crippen LogP contribution in [0.1, 0.15) is 84.5 Å². The average molecular weight is 608 g/mol. The van der Waals surface area contributed by atoms with Gasteiger partial charge >= 0.3 is 0 Å². The number of anilines is 1. The van der Waals surface area contributed by atoms with Gasteiger partial charge in [0.1, 0.15) is 36.3 Å². The number of rotatable bonds is 19. The van der Waals surface area contributed by atoms with Gasteiger partial charge < -0.3 is 46.1 Å². The fourth-order valence-corrected chi connectivity index (χ4v) is 5.23. The molecule has 0 bridgehead atoms. The van der Waals surface area contributed by atoms with Gasteiger partial charge in [0, 0.05) is 6.42 Å². The second-order valence-corrected chi connectivity index (χ2v) is 11.7. The standard InChI is InChI=1S/C29H49N7O7/c1-18(2)12-10-8-6-4-3-5-7-9-11-13-20(39)30-14-21(40)35-22-24(41)25(42)29(43-26(22)19(38)15-37)36-28-23-27(32-16-31-23)33-17-34-28/h16-19,22,24-26,29,37-38,41-42H,3-15H2,1-2H3,(H,30,39)(H,35,40)(H2,31,32,33,34,36)/t19-,22+,24+,25+,26-,29-/m0/s1. The number of amides is 2. The predicted octanol–water partition coefficient (Wildman–Crippen LogP) is 1.11. The maximum Gasteiger partial charge on any atom is 0.239 e. The van der Waals surface area contributed by atoms with E-state index in [4.69, 9.17) is 4.74 Å². The molecule has 1 saturated heterocycles. The monoisotopic (exact) mass is 607 g/mol. The largest absolute Gasteiger partial charge is 0.394 e. The fraction of sp³-hybridized carbons (Fsp3) is 0.759. The molecule has 2 amide bonds. The van der Waals surface area contributed by atoms with E-state index in [0.717, 1.165) is 31.6 Å². The number of carbonyl (C=O) groups is 2. The van der Waals surface area contributed by atoms with Gasteiger partial charge in [0.05, 0.1) is 25.5 Å². The predicted molar refractivity (Wildman–Crippen MR) is 160 cm³/mol. The summed E-state index contributed by atoms with van der Waals surface area (Å²) in [7, 11) is 0. The van der Waals surface area contributed by atoms with Gasteiger partial charge in [-0.3, -0.25) is 9.59 Å². The van der Waals surface area contributed by atoms with Crippen LogP contribution < -0.4 is 16.0 Å². The normalized spacial score (nSPS) is 22.9. The SMILES string of the molecule is CC(C)CCCCCCCCCCCC(=O)NCC(=O)N[C@@H]1[C@@H](O)[C@@H](O)[C@@H](Nc2ncnc3nc[nH]c23)O[C@H]1[C@@H](O)CO. The van der Waals surface area contributed by atoms with Crippen LogP contribution in [0.4, 0.5) is 5.82 Å². The van der Waals surface area contributed by atoms with Crippen LogP contribution in [0.25, 0.3) is 11.2 Å². The summed E-state index contributed by atoms with van der Waals surface area (Å²) >= 11 is 0. The number of unbranched alkanes of at least 4 members (excludes halogenated alkanes) is 8. The molecule has 6 atom stereocenters. The number of fused-ring (bicyclic) bond motifs is 1. The Morgan fingerprint density at radius 2 is 1.63 bits per heavy atom. The minimum absolute atomic E-state index is 0.230. The van der Waals surface area contributed by atoms with Gasteiger partial charge in [-0.25, -0.2) is 15.0 Å². The van der Waals surface area contributed by atoms with Crippen LogP contribution in [0.2, 0.25) is 0 Å². The van der Waals surface area contributed by atoms with Crippen molar-refractivity contribution in [2.24, 2.45) is 5.92 Å². The van der Waals surface area contributed by atoms with E-state index in [1.807, 2.05) is 0 Å². The molecule has 14 nitrogen and oxygen atoms in total. The number of aromatic nitrogens is 4. The van der Waals surface area contributed by atoms with Crippen molar-refractivity contribution in [2.75, 3.05) is 18.5 Å². The van der Waals surface area contributed by atoms with Crippen LogP contribution in [0, 0.1) is 5.92 Å². The molecule has 8 N–H and O–H groups in total. The molecule has 1 aliphatic rings. The summed E-state index contributed by atoms with van der Waals surface area (Å²) < 4.78 is 5.79. The number of aromatic amines is 1. The van der Waals surface area contributed by atoms with Crippen LogP contribution in [0.15, 0.2) is 12.7 Å². The fourth-order valence-electron chi connectivity index (χ4n) is 5.23. The molecule has 2 aromatic heterocycles. The number of hydrogen-bond acceptors (Lipinski definition) is 11. The van der Waals surface area contributed by atoms with Crippen molar-refractivity contribution in [3.05, 3.63) is 12.7 Å². The molecule has 43 heavy (non-hydrogen) atoms. The zero-order chi connectivity index (χ0) is 31.2. The number of aliphatic hydroxyl groups is 4. The number of nitrogens with one attached hydrogen (secondary N) is 4. The smallest absolute Gasteiger partial charge is 0.239 e. The zero-order valence-corrected chi connectivity index (χ0v) is 25.2. The lowest BCUT2D eigenvalue weighted by Crippen LogP contribution is -2.68. The molecule has 0 saturated carbocycles. The Morgan fingerprint density at radius 1 is 0.953 bits per heavy atom. The molecule has 0 aliphatic carbocycles. The molecule has 1 aliphatic heterocycles. The molecule has 0 spiro atoms. The van der Waals surface area contributed by atoms with Gasteiger partial charge in [0.2, 0.25) is 11.8 Å². The van der Waals surface area contributed by atoms with E-state index in [1.54, 1.807) is 0 Å². The van der Waals surface area contributed by atoms with Gasteiger partial charge in [-0.05, 0) is 12.3 Å². The first-order chi connectivity index (χ1) is 20.7. The minimum atomic E-state index is -1.59. The summed E-state index contributed by atoms with van der Waals surface area (Å²) in [6, 6.07) is -1.27. The molecular weight excluding hydrogens is 558 g/mol. The van der Waals surface area contributed by atoms with E-state index in [1.165, 1.54) is 51.2 Å². The highest BCUT2D eigenvalue weighted by atomic mass is 16.5. The maximum absolute atomic E-state index is 12.6. The number of H-pyrrole nitrogens is 1. The lowest BCUT2D eigenvalue weighted by Gasteiger charge is -2.44. The van der Waals surface area contributed by atoms with Crippen molar-refractivity contribution in [3.63, 3.8) is 0 Å². The van der Waals surface area contributed by atoms with Gasteiger partial charge in [-0.2, -0.15) is 0 Å². The van der Waals surface area contributed by atoms with Crippen molar-refractivity contribution < 1.29 is 34.8 Å². The molecular formula is C29H49N7O7. The Morgan fingerprint density at radius 3 is 2.30 bits per heavy atom. The molecule has 1 fully saturated rings. The third-order valence-corrected chi connectivity index (χ3v) is 7.71. The summed E-state index contributed by atoms with van der Waals surface area (Å²) in [5.74, 6) is 0.111. The average Bonchev–Trinajstić information content (AvgIpc) is 3.48. The number of hydrogen-bond donors (Lipinski definition) is 8. The molecule has 3 rings (SSSR count). The third-order valence-electron chi connectivity index (χ3n) is 7.71. The minimum Gasteiger partial charge on any atom is -0.394 e. The van der Waals surface area contributed by atoms with Crippen LogP contribution in [-0.2, 0) is 14.3 Å². The van der Waals surface area contributed by atoms with Crippen LogP contribution in [-0.4, -0.2) is 102 Å². The Hall–Kier alpha value is -2.91. The highest BCUT2D eigenvalue weighted by Gasteiger charge is 2.48. The lowest BCUT2D eigenvalue weighted by atomic mass is 9.92. The molecule has 14 heteroatoms. The second kappa shape index (κ2) is 18.0. The van der Waals surface area contributed by atoms with Crippen molar-refractivity contribution in [2.45, 2.75) is 121 Å². The van der Waals surface area contributed by atoms with Crippen molar-refractivity contribution in [3.8, 4) is 0 Å². The Bertz CT molecular complexity index is 1120. The van der Waals surface area contributed by atoms with Crippen LogP contribution in [0.5, 0.6) is 0 Å². The number of nitrogens with zero attached hydrogens (tertiary/aromatic N) is 3. The molecule has 0 aromatic carbocycles. The van der Waals surface area contributed by atoms with Crippen molar-refractivity contribution in [1.82, 2.24) is 30.6 Å². The summed E-state index contributed by atoms with van der Waals surface area (Å²) in [5.41, 5.74) is 0.793. The lowest BCUT2D eigenvalue weighted by molar-refractivity contribution is -0.204. The van der Waals surface area contributed by atoms with Gasteiger partial charge in [0.25, 0.3) is 0 Å². The zero-order valence-electron chi connectivity index (χ0n) is 25.2. The number of carbonyl (C=O) groups excluding carboxylic acids is 2. The number of ether oxygens (including phenoxy) is 1. The second-order valence-electron chi connectivity index (χ2n) is 11.7. The molecule has 3 heterocycles. The van der Waals surface area contributed by atoms with Gasteiger partial charge in [0.15, 0.2) is 17.7 Å². The maximum atomic E-state index is 12.6. The Kier molecular flexibility index (Phi) is 14.5. The molecule has 0 radical (unpaired) electrons. The molecule has 2 aromatic rings. The quantitative estimate of drug-likeness (QED) is 0.106. The van der Waals surface area contributed by atoms with E-state index in [9.17, 15) is 30.0 Å². The van der Waals surface area contributed by atoms with E-state index < -0.39 is 49.2 Å². The van der Waals surface area contributed by atoms with E-state index in [2.05, 4.69) is 49.7 Å². The highest BCUT2D eigenvalue weighted by Crippen LogP contribution is 2.26. The van der Waals surface area contributed by atoms with Crippen molar-refractivity contribution >= 4 is 28.8 Å². The summed E-state index contributed by atoms with van der Waals surface area (Å²) in [4.78, 5) is 39.9.